The Kier molecular flexibility index (Phi) is 4.85. The minimum atomic E-state index is -1.16. The molecule has 5 nitrogen and oxygen atoms in total. The third-order valence-electron chi connectivity index (χ3n) is 3.77. The molecule has 0 spiro atoms. The van der Waals surface area contributed by atoms with Crippen LogP contribution in [0.5, 0.6) is 0 Å². The second-order valence-electron chi connectivity index (χ2n) is 5.38. The van der Waals surface area contributed by atoms with E-state index in [1.807, 2.05) is 0 Å². The summed E-state index contributed by atoms with van der Waals surface area (Å²) in [6.45, 7) is 0. The van der Waals surface area contributed by atoms with Crippen LogP contribution in [0, 0.1) is 17.6 Å². The first kappa shape index (κ1) is 16.1. The molecule has 1 aliphatic rings. The lowest BCUT2D eigenvalue weighted by atomic mass is 9.82. The Morgan fingerprint density at radius 3 is 2.59 bits per heavy atom. The van der Waals surface area contributed by atoms with Gasteiger partial charge >= 0.3 is 0 Å². The van der Waals surface area contributed by atoms with Crippen molar-refractivity contribution in [3.63, 3.8) is 0 Å². The molecule has 0 heterocycles. The summed E-state index contributed by atoms with van der Waals surface area (Å²) in [5.41, 5.74) is 5.18. The number of nitrogens with two attached hydrogens (primary N) is 1. The van der Waals surface area contributed by atoms with Gasteiger partial charge in [0, 0.05) is 18.4 Å². The van der Waals surface area contributed by atoms with Crippen LogP contribution in [0.2, 0.25) is 0 Å². The fraction of sp³-hybridized carbons (Fsp3) is 0.400. The smallest absolute Gasteiger partial charge is 0.252 e. The highest BCUT2D eigenvalue weighted by Gasteiger charge is 2.32. The molecule has 2 amide bonds. The SMILES string of the molecule is NC(=O)[C@@H](NC(=O)c1ccc(F)c(F)c1)[C@@H]1CCCC(=O)C1. The lowest BCUT2D eigenvalue weighted by molar-refractivity contribution is -0.124. The maximum atomic E-state index is 13.2. The molecule has 0 bridgehead atoms. The number of hydrogen-bond donors (Lipinski definition) is 2. The molecule has 118 valence electrons. The fourth-order valence-electron chi connectivity index (χ4n) is 2.63. The van der Waals surface area contributed by atoms with Crippen LogP contribution < -0.4 is 11.1 Å². The Labute approximate surface area is 125 Å². The van der Waals surface area contributed by atoms with Gasteiger partial charge in [0.15, 0.2) is 11.6 Å². The topological polar surface area (TPSA) is 89.3 Å². The van der Waals surface area contributed by atoms with Crippen molar-refractivity contribution in [3.8, 4) is 0 Å². The molecular weight excluding hydrogens is 294 g/mol. The molecule has 0 unspecified atom stereocenters. The van der Waals surface area contributed by atoms with E-state index in [1.165, 1.54) is 0 Å². The average Bonchev–Trinajstić information content (AvgIpc) is 2.47. The van der Waals surface area contributed by atoms with Crippen molar-refractivity contribution in [2.24, 2.45) is 11.7 Å². The first-order valence-corrected chi connectivity index (χ1v) is 6.95. The quantitative estimate of drug-likeness (QED) is 0.878. The maximum absolute atomic E-state index is 13.2. The van der Waals surface area contributed by atoms with Gasteiger partial charge in [-0.25, -0.2) is 8.78 Å². The Balaban J connectivity index is 2.13. The third kappa shape index (κ3) is 3.66. The highest BCUT2D eigenvalue weighted by molar-refractivity contribution is 5.97. The summed E-state index contributed by atoms with van der Waals surface area (Å²) in [5.74, 6) is -4.06. The van der Waals surface area contributed by atoms with Crippen molar-refractivity contribution in [1.29, 1.82) is 0 Å². The van der Waals surface area contributed by atoms with E-state index in [1.54, 1.807) is 0 Å². The Morgan fingerprint density at radius 2 is 2.00 bits per heavy atom. The van der Waals surface area contributed by atoms with Crippen molar-refractivity contribution in [3.05, 3.63) is 35.4 Å². The highest BCUT2D eigenvalue weighted by atomic mass is 19.2. The fourth-order valence-corrected chi connectivity index (χ4v) is 2.63. The summed E-state index contributed by atoms with van der Waals surface area (Å²) in [5, 5.41) is 2.41. The summed E-state index contributed by atoms with van der Waals surface area (Å²) < 4.78 is 26.0. The van der Waals surface area contributed by atoms with Gasteiger partial charge in [-0.3, -0.25) is 14.4 Å². The van der Waals surface area contributed by atoms with E-state index in [4.69, 9.17) is 5.73 Å². The molecule has 3 N–H and O–H groups in total. The third-order valence-corrected chi connectivity index (χ3v) is 3.77. The van der Waals surface area contributed by atoms with Crippen LogP contribution in [0.3, 0.4) is 0 Å². The van der Waals surface area contributed by atoms with Crippen LogP contribution in [0.15, 0.2) is 18.2 Å². The molecule has 1 fully saturated rings. The van der Waals surface area contributed by atoms with Gasteiger partial charge in [0.25, 0.3) is 5.91 Å². The molecular formula is C15H16F2N2O3. The number of ketones is 1. The van der Waals surface area contributed by atoms with Gasteiger partial charge in [-0.2, -0.15) is 0 Å². The zero-order chi connectivity index (χ0) is 16.3. The number of primary amides is 1. The summed E-state index contributed by atoms with van der Waals surface area (Å²) >= 11 is 0. The Bertz CT molecular complexity index is 619. The molecule has 0 aliphatic heterocycles. The number of rotatable bonds is 4. The van der Waals surface area contributed by atoms with E-state index in [0.717, 1.165) is 18.2 Å². The molecule has 1 aliphatic carbocycles. The van der Waals surface area contributed by atoms with Gasteiger partial charge in [-0.1, -0.05) is 0 Å². The molecule has 1 aromatic rings. The van der Waals surface area contributed by atoms with Gasteiger partial charge in [0.05, 0.1) is 0 Å². The van der Waals surface area contributed by atoms with Crippen LogP contribution in [0.25, 0.3) is 0 Å². The number of amides is 2. The highest BCUT2D eigenvalue weighted by Crippen LogP contribution is 2.24. The van der Waals surface area contributed by atoms with E-state index in [9.17, 15) is 23.2 Å². The molecule has 1 saturated carbocycles. The van der Waals surface area contributed by atoms with E-state index >= 15 is 0 Å². The standard InChI is InChI=1S/C15H16F2N2O3/c16-11-5-4-9(7-12(11)17)15(22)19-13(14(18)21)8-2-1-3-10(20)6-8/h4-5,7-8,13H,1-3,6H2,(H2,18,21)(H,19,22)/t8-,13+/m1/s1. The summed E-state index contributed by atoms with van der Waals surface area (Å²) in [7, 11) is 0. The van der Waals surface area contributed by atoms with E-state index in [2.05, 4.69) is 5.32 Å². The van der Waals surface area contributed by atoms with Gasteiger partial charge < -0.3 is 11.1 Å². The average molecular weight is 310 g/mol. The lowest BCUT2D eigenvalue weighted by Gasteiger charge is -2.28. The van der Waals surface area contributed by atoms with E-state index in [0.29, 0.717) is 19.3 Å². The first-order valence-electron chi connectivity index (χ1n) is 6.95. The van der Waals surface area contributed by atoms with Crippen molar-refractivity contribution in [2.45, 2.75) is 31.7 Å². The zero-order valence-corrected chi connectivity index (χ0v) is 11.8. The summed E-state index contributed by atoms with van der Waals surface area (Å²) in [6.07, 6.45) is 1.86. The van der Waals surface area contributed by atoms with Gasteiger partial charge in [0.1, 0.15) is 11.8 Å². The van der Waals surface area contributed by atoms with E-state index < -0.39 is 29.5 Å². The predicted octanol–water partition coefficient (Wildman–Crippen LogP) is 1.31. The molecule has 2 atom stereocenters. The van der Waals surface area contributed by atoms with Crippen LogP contribution in [0.1, 0.15) is 36.0 Å². The predicted molar refractivity (Wildman–Crippen MR) is 73.8 cm³/mol. The second kappa shape index (κ2) is 6.64. The molecule has 0 radical (unpaired) electrons. The van der Waals surface area contributed by atoms with Crippen molar-refractivity contribution < 1.29 is 23.2 Å². The van der Waals surface area contributed by atoms with Crippen molar-refractivity contribution in [2.75, 3.05) is 0 Å². The summed E-state index contributed by atoms with van der Waals surface area (Å²) in [4.78, 5) is 35.1. The van der Waals surface area contributed by atoms with Crippen LogP contribution in [-0.4, -0.2) is 23.6 Å². The van der Waals surface area contributed by atoms with Crippen LogP contribution >= 0.6 is 0 Å². The lowest BCUT2D eigenvalue weighted by Crippen LogP contribution is -2.50. The molecule has 0 aromatic heterocycles. The number of carbonyl (C=O) groups is 3. The molecule has 1 aromatic carbocycles. The molecule has 0 saturated heterocycles. The Hall–Kier alpha value is -2.31. The minimum Gasteiger partial charge on any atom is -0.368 e. The van der Waals surface area contributed by atoms with Crippen molar-refractivity contribution in [1.82, 2.24) is 5.32 Å². The van der Waals surface area contributed by atoms with Gasteiger partial charge in [-0.05, 0) is 37.0 Å². The number of nitrogens with one attached hydrogen (secondary N) is 1. The number of halogens is 2. The number of carbonyl (C=O) groups excluding carboxylic acids is 3. The molecule has 7 heteroatoms. The zero-order valence-electron chi connectivity index (χ0n) is 11.8. The monoisotopic (exact) mass is 310 g/mol. The maximum Gasteiger partial charge on any atom is 0.252 e. The first-order chi connectivity index (χ1) is 10.4. The van der Waals surface area contributed by atoms with Crippen LogP contribution in [-0.2, 0) is 9.59 Å². The number of benzene rings is 1. The number of hydrogen-bond acceptors (Lipinski definition) is 3. The largest absolute Gasteiger partial charge is 0.368 e. The normalized spacial score (nSPS) is 19.5. The van der Waals surface area contributed by atoms with Crippen LogP contribution in [0.4, 0.5) is 8.78 Å². The number of Topliss-reactive ketones (excluding diaryl/α,β-unsaturated/α-hetero) is 1. The van der Waals surface area contributed by atoms with Gasteiger partial charge in [-0.15, -0.1) is 0 Å². The van der Waals surface area contributed by atoms with E-state index in [-0.39, 0.29) is 23.7 Å². The molecule has 2 rings (SSSR count). The Morgan fingerprint density at radius 1 is 1.27 bits per heavy atom. The second-order valence-corrected chi connectivity index (χ2v) is 5.38. The van der Waals surface area contributed by atoms with Gasteiger partial charge in [0.2, 0.25) is 5.91 Å². The minimum absolute atomic E-state index is 0.0181. The summed E-state index contributed by atoms with van der Waals surface area (Å²) in [6, 6.07) is 1.67. The molecule has 22 heavy (non-hydrogen) atoms. The van der Waals surface area contributed by atoms with Crippen molar-refractivity contribution >= 4 is 17.6 Å².